The van der Waals surface area contributed by atoms with Gasteiger partial charge >= 0.3 is 11.9 Å². The summed E-state index contributed by atoms with van der Waals surface area (Å²) in [5.74, 6) is -3.03. The van der Waals surface area contributed by atoms with Gasteiger partial charge in [0, 0.05) is 0 Å². The van der Waals surface area contributed by atoms with Crippen LogP contribution in [0.1, 0.15) is 26.2 Å². The highest BCUT2D eigenvalue weighted by atomic mass is 16.5. The molecule has 1 aliphatic carbocycles. The Morgan fingerprint density at radius 2 is 2.00 bits per heavy atom. The highest BCUT2D eigenvalue weighted by molar-refractivity contribution is 5.80. The third-order valence-electron chi connectivity index (χ3n) is 3.45. The van der Waals surface area contributed by atoms with Crippen molar-refractivity contribution in [1.29, 1.82) is 0 Å². The number of carboxylic acids is 1. The van der Waals surface area contributed by atoms with Gasteiger partial charge in [0.1, 0.15) is 0 Å². The monoisotopic (exact) mass is 246 g/mol. The van der Waals surface area contributed by atoms with E-state index in [0.717, 1.165) is 7.11 Å². The van der Waals surface area contributed by atoms with Crippen molar-refractivity contribution in [1.82, 2.24) is 0 Å². The lowest BCUT2D eigenvalue weighted by Crippen LogP contribution is -2.52. The SMILES string of the molecule is COC(=O)[C@]1(O)CC[C@@H](C(=O)O)C[C@H](C)[C@H]1O. The summed E-state index contributed by atoms with van der Waals surface area (Å²) in [4.78, 5) is 22.4. The lowest BCUT2D eigenvalue weighted by molar-refractivity contribution is -0.179. The minimum Gasteiger partial charge on any atom is -0.481 e. The molecule has 1 fully saturated rings. The van der Waals surface area contributed by atoms with E-state index in [1.165, 1.54) is 0 Å². The Hall–Kier alpha value is -1.14. The van der Waals surface area contributed by atoms with Gasteiger partial charge in [0.25, 0.3) is 0 Å². The van der Waals surface area contributed by atoms with Gasteiger partial charge in [-0.05, 0) is 25.2 Å². The Bertz CT molecular complexity index is 315. The maximum absolute atomic E-state index is 11.5. The van der Waals surface area contributed by atoms with Crippen LogP contribution in [0.2, 0.25) is 0 Å². The fourth-order valence-corrected chi connectivity index (χ4v) is 2.33. The predicted octanol–water partition coefficient (Wildman–Crippen LogP) is -0.228. The van der Waals surface area contributed by atoms with Crippen LogP contribution in [0.25, 0.3) is 0 Å². The van der Waals surface area contributed by atoms with Gasteiger partial charge in [0.15, 0.2) is 5.60 Å². The van der Waals surface area contributed by atoms with Crippen molar-refractivity contribution in [2.45, 2.75) is 37.9 Å². The highest BCUT2D eigenvalue weighted by Gasteiger charge is 2.49. The third kappa shape index (κ3) is 2.58. The summed E-state index contributed by atoms with van der Waals surface area (Å²) in [6.45, 7) is 1.61. The summed E-state index contributed by atoms with van der Waals surface area (Å²) >= 11 is 0. The molecule has 0 unspecified atom stereocenters. The molecule has 6 nitrogen and oxygen atoms in total. The van der Waals surface area contributed by atoms with Crippen LogP contribution < -0.4 is 0 Å². The van der Waals surface area contributed by atoms with Crippen molar-refractivity contribution in [3.63, 3.8) is 0 Å². The first-order chi connectivity index (χ1) is 7.82. The van der Waals surface area contributed by atoms with Gasteiger partial charge in [-0.15, -0.1) is 0 Å². The zero-order valence-corrected chi connectivity index (χ0v) is 9.92. The second-order valence-electron chi connectivity index (χ2n) is 4.65. The molecule has 6 heteroatoms. The van der Waals surface area contributed by atoms with Crippen molar-refractivity contribution < 1.29 is 29.6 Å². The van der Waals surface area contributed by atoms with Crippen molar-refractivity contribution in [3.05, 3.63) is 0 Å². The second kappa shape index (κ2) is 5.01. The van der Waals surface area contributed by atoms with Crippen LogP contribution in [0.4, 0.5) is 0 Å². The molecular formula is C11H18O6. The van der Waals surface area contributed by atoms with Crippen LogP contribution >= 0.6 is 0 Å². The molecule has 98 valence electrons. The molecule has 0 saturated heterocycles. The summed E-state index contributed by atoms with van der Waals surface area (Å²) in [5, 5.41) is 29.0. The van der Waals surface area contributed by atoms with Crippen molar-refractivity contribution in [2.75, 3.05) is 7.11 Å². The third-order valence-corrected chi connectivity index (χ3v) is 3.45. The topological polar surface area (TPSA) is 104 Å². The van der Waals surface area contributed by atoms with E-state index in [4.69, 9.17) is 5.11 Å². The number of hydrogen-bond acceptors (Lipinski definition) is 5. The van der Waals surface area contributed by atoms with E-state index in [1.807, 2.05) is 0 Å². The number of aliphatic hydroxyl groups is 2. The molecule has 0 heterocycles. The van der Waals surface area contributed by atoms with Crippen LogP contribution in [-0.4, -0.2) is 46.1 Å². The molecule has 3 N–H and O–H groups in total. The van der Waals surface area contributed by atoms with Crippen molar-refractivity contribution in [3.8, 4) is 0 Å². The number of aliphatic carboxylic acids is 1. The van der Waals surface area contributed by atoms with E-state index in [2.05, 4.69) is 4.74 Å². The number of aliphatic hydroxyl groups excluding tert-OH is 1. The fraction of sp³-hybridized carbons (Fsp3) is 0.818. The second-order valence-corrected chi connectivity index (χ2v) is 4.65. The van der Waals surface area contributed by atoms with Crippen LogP contribution in [-0.2, 0) is 14.3 Å². The average molecular weight is 246 g/mol. The van der Waals surface area contributed by atoms with E-state index < -0.39 is 35.5 Å². The Kier molecular flexibility index (Phi) is 4.11. The molecule has 0 spiro atoms. The largest absolute Gasteiger partial charge is 0.481 e. The Balaban J connectivity index is 2.95. The summed E-state index contributed by atoms with van der Waals surface area (Å²) in [6.07, 6.45) is -1.04. The molecule has 0 aromatic carbocycles. The van der Waals surface area contributed by atoms with Crippen LogP contribution in [0, 0.1) is 11.8 Å². The zero-order chi connectivity index (χ0) is 13.2. The number of hydrogen-bond donors (Lipinski definition) is 3. The van der Waals surface area contributed by atoms with Gasteiger partial charge in [-0.3, -0.25) is 4.79 Å². The lowest BCUT2D eigenvalue weighted by atomic mass is 9.86. The number of rotatable bonds is 2. The molecule has 0 bridgehead atoms. The molecule has 0 radical (unpaired) electrons. The number of methoxy groups -OCH3 is 1. The number of carbonyl (C=O) groups is 2. The van der Waals surface area contributed by atoms with Crippen LogP contribution in [0.5, 0.6) is 0 Å². The molecule has 0 amide bonds. The molecular weight excluding hydrogens is 228 g/mol. The Morgan fingerprint density at radius 3 is 2.47 bits per heavy atom. The summed E-state index contributed by atoms with van der Waals surface area (Å²) in [7, 11) is 1.12. The summed E-state index contributed by atoms with van der Waals surface area (Å²) < 4.78 is 4.47. The zero-order valence-electron chi connectivity index (χ0n) is 9.92. The lowest BCUT2D eigenvalue weighted by Gasteiger charge is -2.31. The number of ether oxygens (including phenoxy) is 1. The predicted molar refractivity (Wildman–Crippen MR) is 57.1 cm³/mol. The minimum absolute atomic E-state index is 0.109. The Labute approximate surface area is 99.2 Å². The van der Waals surface area contributed by atoms with E-state index >= 15 is 0 Å². The molecule has 1 rings (SSSR count). The quantitative estimate of drug-likeness (QED) is 0.459. The maximum atomic E-state index is 11.5. The minimum atomic E-state index is -2.00. The molecule has 0 aromatic heterocycles. The van der Waals surface area contributed by atoms with Crippen molar-refractivity contribution in [2.24, 2.45) is 11.8 Å². The van der Waals surface area contributed by atoms with Crippen molar-refractivity contribution >= 4 is 11.9 Å². The van der Waals surface area contributed by atoms with Gasteiger partial charge in [0.2, 0.25) is 0 Å². The average Bonchev–Trinajstić information content (AvgIpc) is 2.40. The number of carbonyl (C=O) groups excluding carboxylic acids is 1. The van der Waals surface area contributed by atoms with Gasteiger partial charge in [-0.2, -0.15) is 0 Å². The van der Waals surface area contributed by atoms with Gasteiger partial charge in [-0.25, -0.2) is 4.79 Å². The van der Waals surface area contributed by atoms with Gasteiger partial charge in [0.05, 0.1) is 19.1 Å². The number of esters is 1. The molecule has 1 saturated carbocycles. The van der Waals surface area contributed by atoms with Crippen LogP contribution in [0.3, 0.4) is 0 Å². The summed E-state index contributed by atoms with van der Waals surface area (Å²) in [6, 6.07) is 0. The molecule has 0 aliphatic heterocycles. The number of carboxylic acid groups (broad SMARTS) is 1. The molecule has 17 heavy (non-hydrogen) atoms. The molecule has 1 aliphatic rings. The van der Waals surface area contributed by atoms with E-state index in [9.17, 15) is 19.8 Å². The fourth-order valence-electron chi connectivity index (χ4n) is 2.33. The standard InChI is InChI=1S/C11H18O6/c1-6-5-7(9(13)14)3-4-11(16,8(6)12)10(15)17-2/h6-8,12,16H,3-5H2,1-2H3,(H,13,14)/t6-,7+,8+,11-/m0/s1. The Morgan fingerprint density at radius 1 is 1.41 bits per heavy atom. The first-order valence-electron chi connectivity index (χ1n) is 5.54. The normalized spacial score (nSPS) is 38.2. The van der Waals surface area contributed by atoms with Crippen LogP contribution in [0.15, 0.2) is 0 Å². The highest BCUT2D eigenvalue weighted by Crippen LogP contribution is 2.35. The van der Waals surface area contributed by atoms with Gasteiger partial charge in [-0.1, -0.05) is 6.92 Å². The van der Waals surface area contributed by atoms with E-state index in [1.54, 1.807) is 6.92 Å². The van der Waals surface area contributed by atoms with E-state index in [-0.39, 0.29) is 19.3 Å². The van der Waals surface area contributed by atoms with Gasteiger partial charge < -0.3 is 20.1 Å². The first-order valence-corrected chi connectivity index (χ1v) is 5.54. The van der Waals surface area contributed by atoms with E-state index in [0.29, 0.717) is 0 Å². The molecule has 4 atom stereocenters. The molecule has 0 aromatic rings. The first kappa shape index (κ1) is 13.9. The maximum Gasteiger partial charge on any atom is 0.340 e. The smallest absolute Gasteiger partial charge is 0.340 e. The summed E-state index contributed by atoms with van der Waals surface area (Å²) in [5.41, 5.74) is -2.00.